The summed E-state index contributed by atoms with van der Waals surface area (Å²) >= 11 is 9.36. The largest absolute Gasteiger partial charge is 0.275 e. The van der Waals surface area contributed by atoms with Gasteiger partial charge in [-0.25, -0.2) is 17.6 Å². The predicted octanol–water partition coefficient (Wildman–Crippen LogP) is 3.21. The molecule has 0 rings (SSSR count). The van der Waals surface area contributed by atoms with Gasteiger partial charge in [0.2, 0.25) is 0 Å². The van der Waals surface area contributed by atoms with Gasteiger partial charge in [-0.2, -0.15) is 0 Å². The first-order chi connectivity index (χ1) is 4.46. The molecule has 0 atom stereocenters. The Balaban J connectivity index is 4.34. The van der Waals surface area contributed by atoms with Crippen molar-refractivity contribution in [2.75, 3.05) is 0 Å². The van der Waals surface area contributed by atoms with Crippen LogP contribution in [-0.2, 0) is 0 Å². The Morgan fingerprint density at radius 2 is 1.00 bits per heavy atom. The zero-order valence-corrected chi connectivity index (χ0v) is 5.93. The van der Waals surface area contributed by atoms with Gasteiger partial charge in [0, 0.05) is 0 Å². The lowest BCUT2D eigenvalue weighted by molar-refractivity contribution is 0.177. The Bertz CT molecular complexity index is 126. The first-order valence-electron chi connectivity index (χ1n) is 2.08. The molecule has 0 heterocycles. The molecule has 0 aliphatic carbocycles. The molecule has 0 aliphatic rings. The number of alkyl halides is 4. The van der Waals surface area contributed by atoms with Gasteiger partial charge in [0.15, 0.2) is 0 Å². The van der Waals surface area contributed by atoms with Crippen LogP contribution < -0.4 is 0 Å². The summed E-state index contributed by atoms with van der Waals surface area (Å²) in [5.41, 5.74) is 0. The second kappa shape index (κ2) is 4.03. The fraction of sp³-hybridized carbons (Fsp3) is 0.500. The lowest BCUT2D eigenvalue weighted by Gasteiger charge is -1.99. The topological polar surface area (TPSA) is 0 Å². The van der Waals surface area contributed by atoms with Crippen molar-refractivity contribution in [2.24, 2.45) is 0 Å². The van der Waals surface area contributed by atoms with Crippen LogP contribution in [0, 0.1) is 0 Å². The first-order valence-corrected chi connectivity index (χ1v) is 2.83. The van der Waals surface area contributed by atoms with Gasteiger partial charge in [0.1, 0.15) is 10.1 Å². The summed E-state index contributed by atoms with van der Waals surface area (Å²) in [5.74, 6) is 0. The van der Waals surface area contributed by atoms with Gasteiger partial charge in [-0.1, -0.05) is 23.2 Å². The minimum Gasteiger partial charge on any atom is -0.204 e. The normalized spacial score (nSPS) is 14.4. The standard InChI is InChI=1S/C4H2Cl2F4/c5-1(3(7)8)2(6)4(9)10/h3-4H. The highest BCUT2D eigenvalue weighted by atomic mass is 35.5. The molecule has 0 aliphatic heterocycles. The van der Waals surface area contributed by atoms with E-state index in [4.69, 9.17) is 0 Å². The van der Waals surface area contributed by atoms with E-state index in [2.05, 4.69) is 23.2 Å². The molecular weight excluding hydrogens is 195 g/mol. The van der Waals surface area contributed by atoms with Gasteiger partial charge in [-0.15, -0.1) is 0 Å². The molecule has 10 heavy (non-hydrogen) atoms. The number of rotatable bonds is 2. The second-order valence-electron chi connectivity index (χ2n) is 1.30. The average Bonchev–Trinajstić information content (AvgIpc) is 1.84. The van der Waals surface area contributed by atoms with Gasteiger partial charge in [0.25, 0.3) is 12.9 Å². The zero-order chi connectivity index (χ0) is 8.31. The van der Waals surface area contributed by atoms with Crippen molar-refractivity contribution in [2.45, 2.75) is 12.9 Å². The minimum absolute atomic E-state index is 1.29. The quantitative estimate of drug-likeness (QED) is 0.596. The molecule has 0 aromatic carbocycles. The molecule has 0 aromatic rings. The van der Waals surface area contributed by atoms with E-state index in [1.807, 2.05) is 0 Å². The van der Waals surface area contributed by atoms with Crippen molar-refractivity contribution in [3.05, 3.63) is 10.1 Å². The van der Waals surface area contributed by atoms with E-state index in [0.29, 0.717) is 0 Å². The molecule has 0 bridgehead atoms. The maximum Gasteiger partial charge on any atom is 0.275 e. The van der Waals surface area contributed by atoms with Crippen LogP contribution in [0.25, 0.3) is 0 Å². The smallest absolute Gasteiger partial charge is 0.204 e. The molecule has 0 amide bonds. The lowest BCUT2D eigenvalue weighted by atomic mass is 10.5. The Morgan fingerprint density at radius 3 is 1.10 bits per heavy atom. The molecular formula is C4H2Cl2F4. The molecule has 0 fully saturated rings. The van der Waals surface area contributed by atoms with Crippen LogP contribution in [0.4, 0.5) is 17.6 Å². The number of allylic oxidation sites excluding steroid dienone is 2. The molecule has 0 aromatic heterocycles. The Morgan fingerprint density at radius 1 is 0.800 bits per heavy atom. The fourth-order valence-electron chi connectivity index (χ4n) is 0.208. The van der Waals surface area contributed by atoms with E-state index in [1.165, 1.54) is 0 Å². The predicted molar refractivity (Wildman–Crippen MR) is 30.7 cm³/mol. The molecule has 0 radical (unpaired) electrons. The summed E-state index contributed by atoms with van der Waals surface area (Å²) in [6.45, 7) is 0. The summed E-state index contributed by atoms with van der Waals surface area (Å²) in [6, 6.07) is 0. The molecule has 6 heteroatoms. The Kier molecular flexibility index (Phi) is 4.05. The van der Waals surface area contributed by atoms with E-state index in [-0.39, 0.29) is 0 Å². The zero-order valence-electron chi connectivity index (χ0n) is 4.42. The summed E-state index contributed by atoms with van der Waals surface area (Å²) in [6.07, 6.45) is -6.27. The molecule has 60 valence electrons. The highest BCUT2D eigenvalue weighted by molar-refractivity contribution is 6.39. The summed E-state index contributed by atoms with van der Waals surface area (Å²) < 4.78 is 45.7. The van der Waals surface area contributed by atoms with Gasteiger partial charge < -0.3 is 0 Å². The van der Waals surface area contributed by atoms with Gasteiger partial charge in [0.05, 0.1) is 0 Å². The van der Waals surface area contributed by atoms with Crippen LogP contribution in [0.3, 0.4) is 0 Å². The van der Waals surface area contributed by atoms with E-state index in [1.54, 1.807) is 0 Å². The van der Waals surface area contributed by atoms with E-state index < -0.39 is 22.9 Å². The highest BCUT2D eigenvalue weighted by Gasteiger charge is 2.19. The second-order valence-corrected chi connectivity index (χ2v) is 2.11. The van der Waals surface area contributed by atoms with Crippen LogP contribution in [0.15, 0.2) is 10.1 Å². The van der Waals surface area contributed by atoms with Gasteiger partial charge in [-0.05, 0) is 0 Å². The molecule has 0 saturated carbocycles. The minimum atomic E-state index is -3.14. The lowest BCUT2D eigenvalue weighted by Crippen LogP contribution is -1.98. The van der Waals surface area contributed by atoms with E-state index >= 15 is 0 Å². The maximum absolute atomic E-state index is 11.4. The molecule has 0 nitrogen and oxygen atoms in total. The van der Waals surface area contributed by atoms with Crippen molar-refractivity contribution in [3.8, 4) is 0 Å². The third kappa shape index (κ3) is 2.75. The van der Waals surface area contributed by atoms with E-state index in [0.717, 1.165) is 0 Å². The van der Waals surface area contributed by atoms with Crippen molar-refractivity contribution in [1.29, 1.82) is 0 Å². The van der Waals surface area contributed by atoms with Gasteiger partial charge in [-0.3, -0.25) is 0 Å². The van der Waals surface area contributed by atoms with Crippen molar-refractivity contribution >= 4 is 23.2 Å². The average molecular weight is 197 g/mol. The molecule has 0 saturated heterocycles. The van der Waals surface area contributed by atoms with Crippen molar-refractivity contribution in [3.63, 3.8) is 0 Å². The number of hydrogen-bond donors (Lipinski definition) is 0. The van der Waals surface area contributed by atoms with Crippen LogP contribution in [0.2, 0.25) is 0 Å². The monoisotopic (exact) mass is 196 g/mol. The summed E-state index contributed by atoms with van der Waals surface area (Å²) in [4.78, 5) is 0. The Labute approximate surface area is 64.4 Å². The fourth-order valence-corrected chi connectivity index (χ4v) is 0.373. The molecule has 0 unspecified atom stereocenters. The Hall–Kier alpha value is 0.0400. The third-order valence-electron chi connectivity index (χ3n) is 0.611. The van der Waals surface area contributed by atoms with Crippen LogP contribution in [0.5, 0.6) is 0 Å². The molecule has 0 N–H and O–H groups in total. The van der Waals surface area contributed by atoms with Crippen LogP contribution >= 0.6 is 23.2 Å². The SMILES string of the molecule is FC(F)C(Cl)=C(Cl)C(F)F. The third-order valence-corrected chi connectivity index (χ3v) is 1.45. The number of hydrogen-bond acceptors (Lipinski definition) is 0. The van der Waals surface area contributed by atoms with Crippen LogP contribution in [0.1, 0.15) is 0 Å². The summed E-state index contributed by atoms with van der Waals surface area (Å²) in [7, 11) is 0. The number of halogens is 6. The van der Waals surface area contributed by atoms with Gasteiger partial charge >= 0.3 is 0 Å². The van der Waals surface area contributed by atoms with E-state index in [9.17, 15) is 17.6 Å². The maximum atomic E-state index is 11.4. The van der Waals surface area contributed by atoms with Crippen molar-refractivity contribution in [1.82, 2.24) is 0 Å². The van der Waals surface area contributed by atoms with Crippen molar-refractivity contribution < 1.29 is 17.6 Å². The first kappa shape index (κ1) is 10.0. The molecule has 0 spiro atoms. The highest BCUT2D eigenvalue weighted by Crippen LogP contribution is 2.25. The van der Waals surface area contributed by atoms with Crippen LogP contribution in [-0.4, -0.2) is 12.9 Å². The summed E-state index contributed by atoms with van der Waals surface area (Å²) in [5, 5.41) is -2.59.